The zero-order valence-electron chi connectivity index (χ0n) is 10.4. The highest BCUT2D eigenvalue weighted by atomic mass is 35.5. The van der Waals surface area contributed by atoms with Crippen molar-refractivity contribution in [1.82, 2.24) is 5.32 Å². The molecule has 0 atom stereocenters. The first-order valence-corrected chi connectivity index (χ1v) is 7.04. The lowest BCUT2D eigenvalue weighted by molar-refractivity contribution is 0.0702. The molecule has 2 N–H and O–H groups in total. The molecule has 0 radical (unpaired) electrons. The molecule has 0 bridgehead atoms. The number of thiophene rings is 1. The lowest BCUT2D eigenvalue weighted by Gasteiger charge is -2.06. The number of rotatable bonds is 5. The van der Waals surface area contributed by atoms with Crippen molar-refractivity contribution in [3.8, 4) is 0 Å². The Morgan fingerprint density at radius 1 is 1.32 bits per heavy atom. The Hall–Kier alpha value is -1.36. The van der Waals surface area contributed by atoms with Gasteiger partial charge in [0.25, 0.3) is 0 Å². The first-order valence-electron chi connectivity index (χ1n) is 5.84. The number of halogens is 1. The molecule has 2 aromatic rings. The maximum Gasteiger partial charge on any atom is 0.345 e. The monoisotopic (exact) mass is 295 g/mol. The molecule has 1 aromatic heterocycles. The van der Waals surface area contributed by atoms with E-state index in [-0.39, 0.29) is 0 Å². The van der Waals surface area contributed by atoms with Crippen molar-refractivity contribution in [3.05, 3.63) is 56.2 Å². The van der Waals surface area contributed by atoms with E-state index < -0.39 is 5.97 Å². The molecular formula is C14H14ClNO2S. The Labute approximate surface area is 120 Å². The van der Waals surface area contributed by atoms with Gasteiger partial charge in [-0.15, -0.1) is 11.3 Å². The summed E-state index contributed by atoms with van der Waals surface area (Å²) in [4.78, 5) is 12.3. The summed E-state index contributed by atoms with van der Waals surface area (Å²) in [7, 11) is 0. The Bertz CT molecular complexity index is 595. The molecule has 0 aliphatic rings. The van der Waals surface area contributed by atoms with Crippen molar-refractivity contribution < 1.29 is 9.90 Å². The van der Waals surface area contributed by atoms with E-state index >= 15 is 0 Å². The number of hydrogen-bond donors (Lipinski definition) is 2. The number of carboxylic acid groups (broad SMARTS) is 1. The van der Waals surface area contributed by atoms with E-state index in [1.54, 1.807) is 6.07 Å². The van der Waals surface area contributed by atoms with E-state index in [0.717, 1.165) is 21.0 Å². The van der Waals surface area contributed by atoms with Crippen LogP contribution < -0.4 is 5.32 Å². The molecule has 0 spiro atoms. The van der Waals surface area contributed by atoms with Crippen LogP contribution in [0.25, 0.3) is 0 Å². The highest BCUT2D eigenvalue weighted by molar-refractivity contribution is 7.14. The second kappa shape index (κ2) is 6.19. The van der Waals surface area contributed by atoms with Crippen LogP contribution in [0, 0.1) is 6.92 Å². The highest BCUT2D eigenvalue weighted by Crippen LogP contribution is 2.22. The fourth-order valence-corrected chi connectivity index (χ4v) is 2.86. The Kier molecular flexibility index (Phi) is 4.58. The summed E-state index contributed by atoms with van der Waals surface area (Å²) in [6, 6.07) is 9.40. The minimum Gasteiger partial charge on any atom is -0.477 e. The lowest BCUT2D eigenvalue weighted by atomic mass is 10.2. The van der Waals surface area contributed by atoms with E-state index in [1.165, 1.54) is 11.3 Å². The Morgan fingerprint density at radius 3 is 2.63 bits per heavy atom. The van der Waals surface area contributed by atoms with Gasteiger partial charge in [0.05, 0.1) is 0 Å². The molecule has 0 saturated carbocycles. The molecule has 1 aromatic carbocycles. The van der Waals surface area contributed by atoms with Crippen LogP contribution in [0.3, 0.4) is 0 Å². The van der Waals surface area contributed by atoms with Crippen molar-refractivity contribution >= 4 is 28.9 Å². The molecule has 0 saturated heterocycles. The number of benzene rings is 1. The van der Waals surface area contributed by atoms with Gasteiger partial charge in [-0.05, 0) is 30.2 Å². The van der Waals surface area contributed by atoms with Crippen LogP contribution in [0.2, 0.25) is 5.02 Å². The zero-order valence-corrected chi connectivity index (χ0v) is 12.0. The van der Waals surface area contributed by atoms with Crippen LogP contribution in [-0.2, 0) is 13.1 Å². The Morgan fingerprint density at radius 2 is 2.00 bits per heavy atom. The molecule has 19 heavy (non-hydrogen) atoms. The summed E-state index contributed by atoms with van der Waals surface area (Å²) >= 11 is 7.37. The first kappa shape index (κ1) is 14.1. The maximum absolute atomic E-state index is 10.9. The molecular weight excluding hydrogens is 282 g/mol. The molecule has 0 fully saturated rings. The standard InChI is InChI=1S/C14H14ClNO2S/c1-9-11(6-13(19-9)14(17)18)8-16-7-10-4-2-3-5-12(10)15/h2-6,16H,7-8H2,1H3,(H,17,18). The lowest BCUT2D eigenvalue weighted by Crippen LogP contribution is -2.13. The minimum atomic E-state index is -0.870. The van der Waals surface area contributed by atoms with Crippen molar-refractivity contribution in [3.63, 3.8) is 0 Å². The number of aromatic carboxylic acids is 1. The maximum atomic E-state index is 10.9. The van der Waals surface area contributed by atoms with Gasteiger partial charge in [0.2, 0.25) is 0 Å². The normalized spacial score (nSPS) is 10.6. The van der Waals surface area contributed by atoms with E-state index in [4.69, 9.17) is 16.7 Å². The smallest absolute Gasteiger partial charge is 0.345 e. The third kappa shape index (κ3) is 3.56. The number of nitrogens with one attached hydrogen (secondary N) is 1. The summed E-state index contributed by atoms with van der Waals surface area (Å²) in [6.07, 6.45) is 0. The largest absolute Gasteiger partial charge is 0.477 e. The number of carbonyl (C=O) groups is 1. The summed E-state index contributed by atoms with van der Waals surface area (Å²) < 4.78 is 0. The van der Waals surface area contributed by atoms with Gasteiger partial charge in [0.15, 0.2) is 0 Å². The quantitative estimate of drug-likeness (QED) is 0.884. The molecule has 0 amide bonds. The van der Waals surface area contributed by atoms with E-state index in [9.17, 15) is 4.79 Å². The van der Waals surface area contributed by atoms with Crippen LogP contribution in [-0.4, -0.2) is 11.1 Å². The van der Waals surface area contributed by atoms with Crippen LogP contribution in [0.4, 0.5) is 0 Å². The predicted octanol–water partition coefficient (Wildman–Crippen LogP) is 3.70. The topological polar surface area (TPSA) is 49.3 Å². The number of hydrogen-bond acceptors (Lipinski definition) is 3. The molecule has 3 nitrogen and oxygen atoms in total. The highest BCUT2D eigenvalue weighted by Gasteiger charge is 2.10. The summed E-state index contributed by atoms with van der Waals surface area (Å²) in [5.74, 6) is -0.870. The average molecular weight is 296 g/mol. The van der Waals surface area contributed by atoms with Gasteiger partial charge in [-0.25, -0.2) is 4.79 Å². The SMILES string of the molecule is Cc1sc(C(=O)O)cc1CNCc1ccccc1Cl. The fraction of sp³-hybridized carbons (Fsp3) is 0.214. The second-order valence-corrected chi connectivity index (χ2v) is 5.86. The van der Waals surface area contributed by atoms with Crippen molar-refractivity contribution in [2.24, 2.45) is 0 Å². The van der Waals surface area contributed by atoms with Gasteiger partial charge >= 0.3 is 5.97 Å². The molecule has 1 heterocycles. The van der Waals surface area contributed by atoms with Crippen LogP contribution in [0.1, 0.15) is 25.7 Å². The molecule has 2 rings (SSSR count). The molecule has 100 valence electrons. The average Bonchev–Trinajstić information content (AvgIpc) is 2.74. The third-order valence-corrected chi connectivity index (χ3v) is 4.27. The summed E-state index contributed by atoms with van der Waals surface area (Å²) in [5, 5.41) is 13.0. The van der Waals surface area contributed by atoms with Crippen molar-refractivity contribution in [2.45, 2.75) is 20.0 Å². The van der Waals surface area contributed by atoms with Gasteiger partial charge in [-0.1, -0.05) is 29.8 Å². The number of carboxylic acids is 1. The van der Waals surface area contributed by atoms with Crippen molar-refractivity contribution in [2.75, 3.05) is 0 Å². The Balaban J connectivity index is 1.96. The van der Waals surface area contributed by atoms with Crippen LogP contribution in [0.5, 0.6) is 0 Å². The van der Waals surface area contributed by atoms with Gasteiger partial charge in [0, 0.05) is 23.0 Å². The summed E-state index contributed by atoms with van der Waals surface area (Å²) in [6.45, 7) is 3.24. The van der Waals surface area contributed by atoms with Crippen LogP contribution in [0.15, 0.2) is 30.3 Å². The van der Waals surface area contributed by atoms with Gasteiger partial charge in [-0.2, -0.15) is 0 Å². The summed E-state index contributed by atoms with van der Waals surface area (Å²) in [5.41, 5.74) is 2.06. The van der Waals surface area contributed by atoms with Gasteiger partial charge in [0.1, 0.15) is 4.88 Å². The minimum absolute atomic E-state index is 0.382. The van der Waals surface area contributed by atoms with Gasteiger partial charge < -0.3 is 10.4 Å². The molecule has 0 aliphatic carbocycles. The van der Waals surface area contributed by atoms with E-state index in [1.807, 2.05) is 31.2 Å². The second-order valence-electron chi connectivity index (χ2n) is 4.19. The molecule has 0 aliphatic heterocycles. The fourth-order valence-electron chi connectivity index (χ4n) is 1.77. The zero-order chi connectivity index (χ0) is 13.8. The predicted molar refractivity (Wildman–Crippen MR) is 78.0 cm³/mol. The van der Waals surface area contributed by atoms with Crippen molar-refractivity contribution in [1.29, 1.82) is 0 Å². The van der Waals surface area contributed by atoms with E-state index in [2.05, 4.69) is 5.32 Å². The molecule has 0 unspecified atom stereocenters. The third-order valence-electron chi connectivity index (χ3n) is 2.82. The van der Waals surface area contributed by atoms with Gasteiger partial charge in [-0.3, -0.25) is 0 Å². The van der Waals surface area contributed by atoms with Crippen LogP contribution >= 0.6 is 22.9 Å². The number of aryl methyl sites for hydroxylation is 1. The molecule has 5 heteroatoms. The first-order chi connectivity index (χ1) is 9.08. The van der Waals surface area contributed by atoms with E-state index in [0.29, 0.717) is 18.0 Å².